The lowest BCUT2D eigenvalue weighted by molar-refractivity contribution is 0.321. The lowest BCUT2D eigenvalue weighted by atomic mass is 9.96. The third kappa shape index (κ3) is 2.98. The maximum absolute atomic E-state index is 6.39. The molecule has 0 N–H and O–H groups in total. The van der Waals surface area contributed by atoms with Crippen molar-refractivity contribution in [3.05, 3.63) is 57.8 Å². The lowest BCUT2D eigenvalue weighted by Gasteiger charge is -2.28. The number of methoxy groups -OCH3 is 1. The topological polar surface area (TPSA) is 37.7 Å². The molecule has 4 rings (SSSR count). The van der Waals surface area contributed by atoms with Gasteiger partial charge in [-0.1, -0.05) is 48.0 Å². The molecule has 25 heavy (non-hydrogen) atoms. The zero-order chi connectivity index (χ0) is 17.6. The van der Waals surface area contributed by atoms with Crippen LogP contribution in [0.1, 0.15) is 30.3 Å². The Morgan fingerprint density at radius 2 is 2.00 bits per heavy atom. The van der Waals surface area contributed by atoms with E-state index in [9.17, 15) is 0 Å². The molecule has 3 atom stereocenters. The summed E-state index contributed by atoms with van der Waals surface area (Å²) in [6.07, 6.45) is 1.81. The van der Waals surface area contributed by atoms with Crippen LogP contribution >= 0.6 is 35.0 Å². The van der Waals surface area contributed by atoms with Gasteiger partial charge in [-0.2, -0.15) is 0 Å². The third-order valence-electron chi connectivity index (χ3n) is 4.45. The molecule has 130 valence electrons. The molecular formula is C18H17Cl2N3OS. The van der Waals surface area contributed by atoms with Crippen LogP contribution in [-0.2, 0) is 0 Å². The standard InChI is InChI=1S/C18H17Cl2N3OS/c1-10-9-23-16(11-7-12(19)17(24-2)13(20)8-11)15(22-18(23)25-10)14-5-3-4-6-21-14/h3-8,10,15-16H,9H2,1-2H3/t10-,15-,16+/m0/s1. The molecule has 2 aliphatic heterocycles. The zero-order valence-corrected chi connectivity index (χ0v) is 16.1. The highest BCUT2D eigenvalue weighted by molar-refractivity contribution is 8.14. The number of fused-ring (bicyclic) bond motifs is 1. The van der Waals surface area contributed by atoms with Gasteiger partial charge in [0.05, 0.1) is 28.9 Å². The van der Waals surface area contributed by atoms with Gasteiger partial charge in [-0.3, -0.25) is 9.98 Å². The summed E-state index contributed by atoms with van der Waals surface area (Å²) in [6.45, 7) is 3.16. The van der Waals surface area contributed by atoms with E-state index in [0.29, 0.717) is 21.0 Å². The largest absolute Gasteiger partial charge is 0.494 e. The van der Waals surface area contributed by atoms with E-state index in [4.69, 9.17) is 32.9 Å². The first-order valence-corrected chi connectivity index (χ1v) is 9.67. The van der Waals surface area contributed by atoms with Gasteiger partial charge in [0.2, 0.25) is 0 Å². The maximum atomic E-state index is 6.39. The molecule has 3 heterocycles. The molecule has 1 saturated heterocycles. The molecule has 1 aromatic carbocycles. The van der Waals surface area contributed by atoms with Crippen molar-refractivity contribution >= 4 is 40.1 Å². The van der Waals surface area contributed by atoms with Crippen molar-refractivity contribution in [3.8, 4) is 5.75 Å². The van der Waals surface area contributed by atoms with Gasteiger partial charge in [0.1, 0.15) is 6.04 Å². The molecule has 0 radical (unpaired) electrons. The number of benzene rings is 1. The Morgan fingerprint density at radius 1 is 1.24 bits per heavy atom. The fourth-order valence-electron chi connectivity index (χ4n) is 3.42. The van der Waals surface area contributed by atoms with E-state index in [1.165, 1.54) is 0 Å². The summed E-state index contributed by atoms with van der Waals surface area (Å²) < 4.78 is 5.29. The number of amidine groups is 1. The number of rotatable bonds is 3. The van der Waals surface area contributed by atoms with E-state index < -0.39 is 0 Å². The van der Waals surface area contributed by atoms with Gasteiger partial charge in [0.25, 0.3) is 0 Å². The lowest BCUT2D eigenvalue weighted by Crippen LogP contribution is -2.28. The van der Waals surface area contributed by atoms with Crippen LogP contribution in [0.4, 0.5) is 0 Å². The molecule has 2 aromatic rings. The van der Waals surface area contributed by atoms with E-state index in [1.807, 2.05) is 30.3 Å². The maximum Gasteiger partial charge on any atom is 0.160 e. The van der Waals surface area contributed by atoms with Gasteiger partial charge in [-0.15, -0.1) is 0 Å². The third-order valence-corrected chi connectivity index (χ3v) is 6.11. The number of nitrogens with zero attached hydrogens (tertiary/aromatic N) is 3. The van der Waals surface area contributed by atoms with Crippen LogP contribution in [0.5, 0.6) is 5.75 Å². The predicted molar refractivity (Wildman–Crippen MR) is 104 cm³/mol. The molecule has 0 spiro atoms. The van der Waals surface area contributed by atoms with Crippen molar-refractivity contribution in [2.45, 2.75) is 24.3 Å². The Kier molecular flexibility index (Phi) is 4.56. The van der Waals surface area contributed by atoms with Crippen LogP contribution in [0.3, 0.4) is 0 Å². The summed E-state index contributed by atoms with van der Waals surface area (Å²) in [5, 5.41) is 2.60. The second-order valence-corrected chi connectivity index (χ2v) is 8.37. The van der Waals surface area contributed by atoms with Crippen molar-refractivity contribution in [3.63, 3.8) is 0 Å². The molecule has 7 heteroatoms. The first kappa shape index (κ1) is 17.0. The number of hydrogen-bond donors (Lipinski definition) is 0. The minimum Gasteiger partial charge on any atom is -0.494 e. The first-order valence-electron chi connectivity index (χ1n) is 8.03. The highest BCUT2D eigenvalue weighted by atomic mass is 35.5. The summed E-state index contributed by atoms with van der Waals surface area (Å²) in [6, 6.07) is 9.75. The number of ether oxygens (including phenoxy) is 1. The van der Waals surface area contributed by atoms with E-state index >= 15 is 0 Å². The average Bonchev–Trinajstić information content (AvgIpc) is 3.11. The number of thioether (sulfide) groups is 1. The number of aliphatic imine (C=N–C) groups is 1. The van der Waals surface area contributed by atoms with Gasteiger partial charge in [0.15, 0.2) is 10.9 Å². The molecule has 4 nitrogen and oxygen atoms in total. The number of hydrogen-bond acceptors (Lipinski definition) is 5. The average molecular weight is 394 g/mol. The van der Waals surface area contributed by atoms with Crippen molar-refractivity contribution in [1.29, 1.82) is 0 Å². The van der Waals surface area contributed by atoms with Crippen LogP contribution < -0.4 is 4.74 Å². The number of halogens is 2. The molecule has 0 amide bonds. The van der Waals surface area contributed by atoms with E-state index in [1.54, 1.807) is 25.1 Å². The minimum absolute atomic E-state index is 0.0308. The van der Waals surface area contributed by atoms with Crippen molar-refractivity contribution in [2.75, 3.05) is 13.7 Å². The monoisotopic (exact) mass is 393 g/mol. The van der Waals surface area contributed by atoms with Crippen LogP contribution in [0.2, 0.25) is 10.0 Å². The molecule has 0 bridgehead atoms. The highest BCUT2D eigenvalue weighted by Gasteiger charge is 2.43. The Balaban J connectivity index is 1.80. The van der Waals surface area contributed by atoms with E-state index in [-0.39, 0.29) is 12.1 Å². The zero-order valence-electron chi connectivity index (χ0n) is 13.8. The quantitative estimate of drug-likeness (QED) is 0.736. The van der Waals surface area contributed by atoms with Crippen molar-refractivity contribution < 1.29 is 4.74 Å². The van der Waals surface area contributed by atoms with Crippen molar-refractivity contribution in [1.82, 2.24) is 9.88 Å². The Morgan fingerprint density at radius 3 is 2.64 bits per heavy atom. The Hall–Kier alpha value is -1.43. The smallest absolute Gasteiger partial charge is 0.160 e. The molecule has 0 aliphatic carbocycles. The van der Waals surface area contributed by atoms with E-state index in [0.717, 1.165) is 23.0 Å². The number of aromatic nitrogens is 1. The predicted octanol–water partition coefficient (Wildman–Crippen LogP) is 4.99. The van der Waals surface area contributed by atoms with Gasteiger partial charge in [-0.05, 0) is 29.8 Å². The summed E-state index contributed by atoms with van der Waals surface area (Å²) >= 11 is 14.6. The van der Waals surface area contributed by atoms with Crippen LogP contribution in [0, 0.1) is 0 Å². The first-order chi connectivity index (χ1) is 12.1. The SMILES string of the molecule is COc1c(Cl)cc([C@@H]2[C@H](c3ccccn3)N=C3S[C@@H](C)CN32)cc1Cl. The molecule has 0 saturated carbocycles. The van der Waals surface area contributed by atoms with Gasteiger partial charge in [-0.25, -0.2) is 0 Å². The number of pyridine rings is 1. The van der Waals surface area contributed by atoms with Crippen LogP contribution in [0.15, 0.2) is 41.5 Å². The Bertz CT molecular complexity index is 807. The van der Waals surface area contributed by atoms with Gasteiger partial charge >= 0.3 is 0 Å². The van der Waals surface area contributed by atoms with E-state index in [2.05, 4.69) is 16.8 Å². The minimum atomic E-state index is -0.0725. The van der Waals surface area contributed by atoms with Crippen LogP contribution in [0.25, 0.3) is 0 Å². The van der Waals surface area contributed by atoms with Crippen molar-refractivity contribution in [2.24, 2.45) is 4.99 Å². The summed E-state index contributed by atoms with van der Waals surface area (Å²) in [5.41, 5.74) is 1.98. The fraction of sp³-hybridized carbons (Fsp3) is 0.333. The second kappa shape index (κ2) is 6.71. The fourth-order valence-corrected chi connectivity index (χ4v) is 5.17. The molecule has 0 unspecified atom stereocenters. The summed E-state index contributed by atoms with van der Waals surface area (Å²) in [5.74, 6) is 0.504. The van der Waals surface area contributed by atoms with Crippen LogP contribution in [-0.4, -0.2) is 34.0 Å². The highest BCUT2D eigenvalue weighted by Crippen LogP contribution is 2.49. The Labute approximate surface area is 161 Å². The summed E-state index contributed by atoms with van der Waals surface area (Å²) in [4.78, 5) is 11.8. The molecular weight excluding hydrogens is 377 g/mol. The molecule has 1 fully saturated rings. The summed E-state index contributed by atoms with van der Waals surface area (Å²) in [7, 11) is 1.57. The van der Waals surface area contributed by atoms with Gasteiger partial charge in [0, 0.05) is 18.0 Å². The normalized spacial score (nSPS) is 25.0. The van der Waals surface area contributed by atoms with Gasteiger partial charge < -0.3 is 9.64 Å². The molecule has 1 aromatic heterocycles. The second-order valence-electron chi connectivity index (χ2n) is 6.15. The molecule has 2 aliphatic rings.